The molecule has 0 fully saturated rings. The minimum Gasteiger partial charge on any atom is -0.495 e. The fraction of sp³-hybridized carbons (Fsp3) is 0.278. The minimum absolute atomic E-state index is 0.110. The number of benzene rings is 1. The molecular formula is C18H20N4O3S. The van der Waals surface area contributed by atoms with Crippen molar-refractivity contribution >= 4 is 27.9 Å². The van der Waals surface area contributed by atoms with E-state index in [9.17, 15) is 9.59 Å². The van der Waals surface area contributed by atoms with E-state index in [1.165, 1.54) is 21.8 Å². The lowest BCUT2D eigenvalue weighted by Crippen LogP contribution is -2.33. The summed E-state index contributed by atoms with van der Waals surface area (Å²) in [6, 6.07) is 8.78. The van der Waals surface area contributed by atoms with Crippen molar-refractivity contribution in [2.75, 3.05) is 25.5 Å². The highest BCUT2D eigenvalue weighted by Gasteiger charge is 2.13. The van der Waals surface area contributed by atoms with Crippen LogP contribution in [0.5, 0.6) is 5.75 Å². The molecule has 136 valence electrons. The number of hydrogen-bond donors (Lipinski definition) is 1. The highest BCUT2D eigenvalue weighted by molar-refractivity contribution is 7.15. The van der Waals surface area contributed by atoms with Gasteiger partial charge in [-0.05, 0) is 18.7 Å². The number of aromatic nitrogens is 2. The van der Waals surface area contributed by atoms with Gasteiger partial charge in [0.1, 0.15) is 5.75 Å². The standard InChI is InChI=1S/C18H20N4O3S/c1-3-21(11-13-10-17(24)22-8-9-26-18(22)19-13)12-16(23)20-14-6-4-5-7-15(14)25-2/h4-10H,3,11-12H2,1-2H3,(H,20,23). The Morgan fingerprint density at radius 2 is 2.19 bits per heavy atom. The molecule has 2 heterocycles. The Kier molecular flexibility index (Phi) is 5.65. The molecule has 0 radical (unpaired) electrons. The van der Waals surface area contributed by atoms with Crippen molar-refractivity contribution in [1.82, 2.24) is 14.3 Å². The van der Waals surface area contributed by atoms with E-state index in [4.69, 9.17) is 4.74 Å². The van der Waals surface area contributed by atoms with Crippen LogP contribution in [0.25, 0.3) is 4.96 Å². The highest BCUT2D eigenvalue weighted by Crippen LogP contribution is 2.22. The van der Waals surface area contributed by atoms with Gasteiger partial charge in [-0.15, -0.1) is 11.3 Å². The number of anilines is 1. The summed E-state index contributed by atoms with van der Waals surface area (Å²) < 4.78 is 6.76. The van der Waals surface area contributed by atoms with Gasteiger partial charge in [0.05, 0.1) is 25.0 Å². The van der Waals surface area contributed by atoms with Gasteiger partial charge in [-0.2, -0.15) is 0 Å². The second kappa shape index (κ2) is 8.11. The average Bonchev–Trinajstić information content (AvgIpc) is 3.10. The van der Waals surface area contributed by atoms with Gasteiger partial charge in [0.15, 0.2) is 4.96 Å². The van der Waals surface area contributed by atoms with E-state index < -0.39 is 0 Å². The Balaban J connectivity index is 1.68. The van der Waals surface area contributed by atoms with E-state index in [1.807, 2.05) is 29.3 Å². The molecule has 0 saturated heterocycles. The van der Waals surface area contributed by atoms with Crippen molar-refractivity contribution in [3.8, 4) is 5.75 Å². The Hall–Kier alpha value is -2.71. The molecule has 1 amide bonds. The molecule has 0 saturated carbocycles. The predicted molar refractivity (Wildman–Crippen MR) is 102 cm³/mol. The van der Waals surface area contributed by atoms with Crippen LogP contribution in [0, 0.1) is 0 Å². The number of methoxy groups -OCH3 is 1. The maximum Gasteiger partial charge on any atom is 0.258 e. The van der Waals surface area contributed by atoms with Gasteiger partial charge in [-0.1, -0.05) is 19.1 Å². The van der Waals surface area contributed by atoms with E-state index in [0.717, 1.165) is 0 Å². The molecule has 3 rings (SSSR count). The van der Waals surface area contributed by atoms with E-state index in [2.05, 4.69) is 10.3 Å². The van der Waals surface area contributed by atoms with Crippen LogP contribution >= 0.6 is 11.3 Å². The predicted octanol–water partition coefficient (Wildman–Crippen LogP) is 2.23. The molecule has 0 aliphatic carbocycles. The van der Waals surface area contributed by atoms with Crippen LogP contribution in [0.2, 0.25) is 0 Å². The van der Waals surface area contributed by atoms with E-state index in [1.54, 1.807) is 25.4 Å². The fourth-order valence-electron chi connectivity index (χ4n) is 2.62. The number of fused-ring (bicyclic) bond motifs is 1. The third-order valence-electron chi connectivity index (χ3n) is 3.94. The number of carbonyl (C=O) groups is 1. The quantitative estimate of drug-likeness (QED) is 0.688. The first kappa shape index (κ1) is 18.1. The summed E-state index contributed by atoms with van der Waals surface area (Å²) in [6.45, 7) is 3.25. The summed E-state index contributed by atoms with van der Waals surface area (Å²) in [5, 5.41) is 4.68. The molecule has 0 spiro atoms. The van der Waals surface area contributed by atoms with Gasteiger partial charge in [-0.25, -0.2) is 4.98 Å². The minimum atomic E-state index is -0.148. The third kappa shape index (κ3) is 4.09. The number of ether oxygens (including phenoxy) is 1. The van der Waals surface area contributed by atoms with Gasteiger partial charge in [0.2, 0.25) is 5.91 Å². The van der Waals surface area contributed by atoms with Gasteiger partial charge >= 0.3 is 0 Å². The zero-order valence-electron chi connectivity index (χ0n) is 14.6. The van der Waals surface area contributed by atoms with Crippen molar-refractivity contribution in [3.63, 3.8) is 0 Å². The number of amides is 1. The molecule has 1 N–H and O–H groups in total. The molecule has 8 heteroatoms. The summed E-state index contributed by atoms with van der Waals surface area (Å²) in [5.74, 6) is 0.465. The first-order valence-electron chi connectivity index (χ1n) is 8.21. The lowest BCUT2D eigenvalue weighted by Gasteiger charge is -2.19. The van der Waals surface area contributed by atoms with Crippen LogP contribution < -0.4 is 15.6 Å². The maximum atomic E-state index is 12.4. The van der Waals surface area contributed by atoms with Crippen LogP contribution in [0.1, 0.15) is 12.6 Å². The Morgan fingerprint density at radius 1 is 1.38 bits per heavy atom. The molecule has 1 aromatic carbocycles. The topological polar surface area (TPSA) is 75.9 Å². The first-order chi connectivity index (χ1) is 12.6. The van der Waals surface area contributed by atoms with E-state index >= 15 is 0 Å². The first-order valence-corrected chi connectivity index (χ1v) is 9.09. The van der Waals surface area contributed by atoms with Gasteiger partial charge in [0, 0.05) is 24.2 Å². The molecule has 2 aromatic heterocycles. The summed E-state index contributed by atoms with van der Waals surface area (Å²) in [4.78, 5) is 31.5. The van der Waals surface area contributed by atoms with Crippen molar-refractivity contribution in [1.29, 1.82) is 0 Å². The average molecular weight is 372 g/mol. The Morgan fingerprint density at radius 3 is 2.96 bits per heavy atom. The van der Waals surface area contributed by atoms with Crippen molar-refractivity contribution in [3.05, 3.63) is 58.0 Å². The number of hydrogen-bond acceptors (Lipinski definition) is 6. The molecule has 0 unspecified atom stereocenters. The molecule has 0 aliphatic rings. The van der Waals surface area contributed by atoms with E-state index in [-0.39, 0.29) is 18.0 Å². The van der Waals surface area contributed by atoms with Crippen LogP contribution in [-0.4, -0.2) is 40.4 Å². The largest absolute Gasteiger partial charge is 0.495 e. The fourth-order valence-corrected chi connectivity index (χ4v) is 3.36. The van der Waals surface area contributed by atoms with Crippen molar-refractivity contribution < 1.29 is 9.53 Å². The normalized spacial score (nSPS) is 11.0. The molecule has 0 atom stereocenters. The number of nitrogens with one attached hydrogen (secondary N) is 1. The van der Waals surface area contributed by atoms with Gasteiger partial charge < -0.3 is 10.1 Å². The lowest BCUT2D eigenvalue weighted by molar-refractivity contribution is -0.117. The Bertz CT molecular complexity index is 966. The van der Waals surface area contributed by atoms with Crippen LogP contribution in [0.4, 0.5) is 5.69 Å². The van der Waals surface area contributed by atoms with Crippen molar-refractivity contribution in [2.24, 2.45) is 0 Å². The highest BCUT2D eigenvalue weighted by atomic mass is 32.1. The second-order valence-corrected chi connectivity index (χ2v) is 6.57. The molecule has 3 aromatic rings. The molecular weight excluding hydrogens is 352 g/mol. The van der Waals surface area contributed by atoms with Gasteiger partial charge in [0.25, 0.3) is 5.56 Å². The number of carbonyl (C=O) groups excluding carboxylic acids is 1. The molecule has 0 aliphatic heterocycles. The van der Waals surface area contributed by atoms with Crippen molar-refractivity contribution in [2.45, 2.75) is 13.5 Å². The number of nitrogens with zero attached hydrogens (tertiary/aromatic N) is 3. The Labute approximate surface area is 154 Å². The smallest absolute Gasteiger partial charge is 0.258 e. The molecule has 0 bridgehead atoms. The molecule has 7 nitrogen and oxygen atoms in total. The van der Waals surface area contributed by atoms with Gasteiger partial charge in [-0.3, -0.25) is 18.9 Å². The third-order valence-corrected chi connectivity index (χ3v) is 4.69. The number of rotatable bonds is 7. The number of likely N-dealkylation sites (N-methyl/N-ethyl adjacent to an activating group) is 1. The summed E-state index contributed by atoms with van der Waals surface area (Å²) >= 11 is 1.41. The van der Waals surface area contributed by atoms with Crippen LogP contribution in [0.15, 0.2) is 46.7 Å². The SMILES string of the molecule is CCN(CC(=O)Nc1ccccc1OC)Cc1cc(=O)n2ccsc2n1. The molecule has 26 heavy (non-hydrogen) atoms. The van der Waals surface area contributed by atoms with Crippen LogP contribution in [-0.2, 0) is 11.3 Å². The summed E-state index contributed by atoms with van der Waals surface area (Å²) in [6.07, 6.45) is 1.71. The number of para-hydroxylation sites is 2. The van der Waals surface area contributed by atoms with Crippen LogP contribution in [0.3, 0.4) is 0 Å². The zero-order valence-corrected chi connectivity index (χ0v) is 15.5. The maximum absolute atomic E-state index is 12.4. The second-order valence-electron chi connectivity index (χ2n) is 5.69. The monoisotopic (exact) mass is 372 g/mol. The summed E-state index contributed by atoms with van der Waals surface area (Å²) in [5.41, 5.74) is 1.18. The van der Waals surface area contributed by atoms with E-state index in [0.29, 0.717) is 35.2 Å². The zero-order chi connectivity index (χ0) is 18.5. The number of thiazole rings is 1. The summed E-state index contributed by atoms with van der Waals surface area (Å²) in [7, 11) is 1.56. The lowest BCUT2D eigenvalue weighted by atomic mass is 10.3.